The maximum absolute atomic E-state index is 12.6. The summed E-state index contributed by atoms with van der Waals surface area (Å²) in [5.41, 5.74) is 2.14. The van der Waals surface area contributed by atoms with Gasteiger partial charge < -0.3 is 14.5 Å². The van der Waals surface area contributed by atoms with Crippen molar-refractivity contribution in [3.63, 3.8) is 0 Å². The lowest BCUT2D eigenvalue weighted by molar-refractivity contribution is -0.130. The molecule has 4 rings (SSSR count). The molecule has 5 nitrogen and oxygen atoms in total. The largest absolute Gasteiger partial charge is 0.485 e. The van der Waals surface area contributed by atoms with Crippen LogP contribution in [0.2, 0.25) is 0 Å². The van der Waals surface area contributed by atoms with Crippen LogP contribution in [0.15, 0.2) is 48.5 Å². The molecule has 6 heteroatoms. The van der Waals surface area contributed by atoms with Gasteiger partial charge in [-0.2, -0.15) is 0 Å². The minimum atomic E-state index is -0.0220. The number of nitrogens with zero attached hydrogens (tertiary/aromatic N) is 3. The van der Waals surface area contributed by atoms with Crippen molar-refractivity contribution in [1.82, 2.24) is 9.88 Å². The minimum absolute atomic E-state index is 0.0220. The summed E-state index contributed by atoms with van der Waals surface area (Å²) < 4.78 is 7.32. The van der Waals surface area contributed by atoms with E-state index < -0.39 is 0 Å². The Bertz CT molecular complexity index is 938. The van der Waals surface area contributed by atoms with Gasteiger partial charge in [-0.15, -0.1) is 11.3 Å². The third-order valence-electron chi connectivity index (χ3n) is 5.10. The van der Waals surface area contributed by atoms with E-state index in [9.17, 15) is 4.79 Å². The van der Waals surface area contributed by atoms with Gasteiger partial charge in [0.2, 0.25) is 5.91 Å². The van der Waals surface area contributed by atoms with Crippen molar-refractivity contribution in [2.24, 2.45) is 0 Å². The molecule has 1 amide bonds. The molecule has 146 valence electrons. The van der Waals surface area contributed by atoms with E-state index in [1.807, 2.05) is 43.4 Å². The second-order valence-electron chi connectivity index (χ2n) is 7.10. The number of hydrogen-bond donors (Lipinski definition) is 0. The number of para-hydroxylation sites is 3. The van der Waals surface area contributed by atoms with E-state index in [0.29, 0.717) is 19.4 Å². The van der Waals surface area contributed by atoms with Gasteiger partial charge in [0.05, 0.1) is 34.0 Å². The Morgan fingerprint density at radius 2 is 2.04 bits per heavy atom. The van der Waals surface area contributed by atoms with Crippen LogP contribution in [-0.4, -0.2) is 48.6 Å². The van der Waals surface area contributed by atoms with Crippen LogP contribution in [0.25, 0.3) is 10.2 Å². The fraction of sp³-hybridized carbons (Fsp3) is 0.364. The monoisotopic (exact) mass is 395 g/mol. The molecule has 0 aliphatic carbocycles. The Labute approximate surface area is 169 Å². The van der Waals surface area contributed by atoms with Crippen LogP contribution in [-0.2, 0) is 11.2 Å². The average Bonchev–Trinajstić information content (AvgIpc) is 3.14. The molecule has 0 unspecified atom stereocenters. The summed E-state index contributed by atoms with van der Waals surface area (Å²) in [4.78, 5) is 21.4. The van der Waals surface area contributed by atoms with Crippen molar-refractivity contribution in [3.8, 4) is 5.75 Å². The van der Waals surface area contributed by atoms with E-state index >= 15 is 0 Å². The molecule has 2 aromatic carbocycles. The molecule has 3 aromatic rings. The number of fused-ring (bicyclic) bond motifs is 2. The molecular weight excluding hydrogens is 370 g/mol. The zero-order valence-corrected chi connectivity index (χ0v) is 17.1. The standard InChI is InChI=1S/C22H25N3O2S/c1-3-25-15-16(27-19-10-6-5-9-18(19)25)14-24(2)22(26)13-12-21-23-17-8-4-7-11-20(17)28-21/h4-11,16H,3,12-15H2,1-2H3/t16-/m1/s1. The van der Waals surface area contributed by atoms with Crippen LogP contribution in [0, 0.1) is 0 Å². The first-order valence-electron chi connectivity index (χ1n) is 9.73. The lowest BCUT2D eigenvalue weighted by Crippen LogP contribution is -2.46. The number of likely N-dealkylation sites (N-methyl/N-ethyl adjacent to an activating group) is 2. The summed E-state index contributed by atoms with van der Waals surface area (Å²) in [6.45, 7) is 4.45. The third kappa shape index (κ3) is 3.97. The molecule has 1 aromatic heterocycles. The summed E-state index contributed by atoms with van der Waals surface area (Å²) >= 11 is 1.67. The Morgan fingerprint density at radius 3 is 2.86 bits per heavy atom. The van der Waals surface area contributed by atoms with Gasteiger partial charge in [-0.1, -0.05) is 24.3 Å². The number of carbonyl (C=O) groups is 1. The first-order chi connectivity index (χ1) is 13.6. The summed E-state index contributed by atoms with van der Waals surface area (Å²) in [6.07, 6.45) is 1.13. The van der Waals surface area contributed by atoms with Gasteiger partial charge in [-0.25, -0.2) is 4.98 Å². The first kappa shape index (κ1) is 18.7. The number of aromatic nitrogens is 1. The van der Waals surface area contributed by atoms with Crippen molar-refractivity contribution in [2.45, 2.75) is 25.9 Å². The van der Waals surface area contributed by atoms with Crippen molar-refractivity contribution in [1.29, 1.82) is 0 Å². The van der Waals surface area contributed by atoms with E-state index in [-0.39, 0.29) is 12.0 Å². The van der Waals surface area contributed by atoms with Crippen molar-refractivity contribution in [3.05, 3.63) is 53.5 Å². The predicted molar refractivity (Wildman–Crippen MR) is 114 cm³/mol. The molecule has 1 aliphatic heterocycles. The first-order valence-corrected chi connectivity index (χ1v) is 10.5. The van der Waals surface area contributed by atoms with Crippen molar-refractivity contribution >= 4 is 33.1 Å². The number of amides is 1. The zero-order valence-electron chi connectivity index (χ0n) is 16.3. The van der Waals surface area contributed by atoms with Crippen LogP contribution in [0.1, 0.15) is 18.4 Å². The highest BCUT2D eigenvalue weighted by molar-refractivity contribution is 7.18. The maximum Gasteiger partial charge on any atom is 0.222 e. The van der Waals surface area contributed by atoms with Crippen molar-refractivity contribution in [2.75, 3.05) is 31.6 Å². The number of thiazole rings is 1. The smallest absolute Gasteiger partial charge is 0.222 e. The molecule has 0 fully saturated rings. The van der Waals surface area contributed by atoms with Gasteiger partial charge in [0, 0.05) is 26.4 Å². The molecule has 1 aliphatic rings. The molecule has 0 N–H and O–H groups in total. The Balaban J connectivity index is 1.34. The zero-order chi connectivity index (χ0) is 19.5. The number of carbonyl (C=O) groups excluding carboxylic acids is 1. The molecule has 0 saturated heterocycles. The topological polar surface area (TPSA) is 45.7 Å². The van der Waals surface area contributed by atoms with Crippen molar-refractivity contribution < 1.29 is 9.53 Å². The summed E-state index contributed by atoms with van der Waals surface area (Å²) in [7, 11) is 1.86. The van der Waals surface area contributed by atoms with E-state index in [1.54, 1.807) is 16.2 Å². The highest BCUT2D eigenvalue weighted by Crippen LogP contribution is 2.33. The number of anilines is 1. The molecular formula is C22H25N3O2S. The number of ether oxygens (including phenoxy) is 1. The molecule has 2 heterocycles. The van der Waals surface area contributed by atoms with Gasteiger partial charge in [-0.05, 0) is 31.2 Å². The summed E-state index contributed by atoms with van der Waals surface area (Å²) in [5.74, 6) is 1.03. The van der Waals surface area contributed by atoms with Crippen LogP contribution >= 0.6 is 11.3 Å². The predicted octanol–water partition coefficient (Wildman–Crippen LogP) is 3.97. The second-order valence-corrected chi connectivity index (χ2v) is 8.21. The number of aryl methyl sites for hydroxylation is 1. The van der Waals surface area contributed by atoms with Gasteiger partial charge in [0.15, 0.2) is 0 Å². The quantitative estimate of drug-likeness (QED) is 0.633. The molecule has 28 heavy (non-hydrogen) atoms. The van der Waals surface area contributed by atoms with Gasteiger partial charge in [0.1, 0.15) is 11.9 Å². The number of benzene rings is 2. The van der Waals surface area contributed by atoms with E-state index in [0.717, 1.165) is 35.1 Å². The Kier molecular flexibility index (Phi) is 5.48. The molecule has 1 atom stereocenters. The van der Waals surface area contributed by atoms with Gasteiger partial charge in [0.25, 0.3) is 0 Å². The number of hydrogen-bond acceptors (Lipinski definition) is 5. The van der Waals surface area contributed by atoms with Crippen LogP contribution < -0.4 is 9.64 Å². The maximum atomic E-state index is 12.6. The number of rotatable bonds is 6. The Morgan fingerprint density at radius 1 is 1.25 bits per heavy atom. The molecule has 0 radical (unpaired) electrons. The van der Waals surface area contributed by atoms with Crippen LogP contribution in [0.5, 0.6) is 5.75 Å². The molecule has 0 bridgehead atoms. The summed E-state index contributed by atoms with van der Waals surface area (Å²) in [6, 6.07) is 16.2. The lowest BCUT2D eigenvalue weighted by atomic mass is 10.1. The third-order valence-corrected chi connectivity index (χ3v) is 6.20. The SMILES string of the molecule is CCN1C[C@@H](CN(C)C(=O)CCc2nc3ccccc3s2)Oc2ccccc21. The second kappa shape index (κ2) is 8.19. The molecule has 0 saturated carbocycles. The summed E-state index contributed by atoms with van der Waals surface area (Å²) in [5, 5.41) is 1.02. The minimum Gasteiger partial charge on any atom is -0.485 e. The molecule has 0 spiro atoms. The fourth-order valence-corrected chi connectivity index (χ4v) is 4.58. The average molecular weight is 396 g/mol. The van der Waals surface area contributed by atoms with Gasteiger partial charge in [-0.3, -0.25) is 4.79 Å². The van der Waals surface area contributed by atoms with E-state index in [4.69, 9.17) is 4.74 Å². The highest BCUT2D eigenvalue weighted by atomic mass is 32.1. The van der Waals surface area contributed by atoms with E-state index in [2.05, 4.69) is 28.9 Å². The van der Waals surface area contributed by atoms with Gasteiger partial charge >= 0.3 is 0 Å². The lowest BCUT2D eigenvalue weighted by Gasteiger charge is -2.37. The van der Waals surface area contributed by atoms with Crippen LogP contribution in [0.4, 0.5) is 5.69 Å². The van der Waals surface area contributed by atoms with E-state index in [1.165, 1.54) is 4.70 Å². The highest BCUT2D eigenvalue weighted by Gasteiger charge is 2.26. The fourth-order valence-electron chi connectivity index (χ4n) is 3.61. The normalized spacial score (nSPS) is 15.9. The Hall–Kier alpha value is -2.60. The van der Waals surface area contributed by atoms with Crippen LogP contribution in [0.3, 0.4) is 0 Å².